The monoisotopic (exact) mass is 735 g/mol. The first kappa shape index (κ1) is 32.1. The van der Waals surface area contributed by atoms with Crippen LogP contribution in [-0.4, -0.2) is 24.9 Å². The van der Waals surface area contributed by atoms with Gasteiger partial charge in [-0.05, 0) is 47.5 Å². The molecular weight excluding hydrogens is 707 g/mol. The molecule has 0 fully saturated rings. The molecule has 0 bridgehead atoms. The van der Waals surface area contributed by atoms with Gasteiger partial charge in [0.2, 0.25) is 0 Å². The van der Waals surface area contributed by atoms with Crippen molar-refractivity contribution in [3.63, 3.8) is 0 Å². The van der Waals surface area contributed by atoms with Gasteiger partial charge in [0.1, 0.15) is 11.2 Å². The molecule has 0 radical (unpaired) electrons. The van der Waals surface area contributed by atoms with Gasteiger partial charge in [-0.25, -0.2) is 24.9 Å². The number of nitrogens with zero attached hydrogens (tertiary/aromatic N) is 5. The predicted octanol–water partition coefficient (Wildman–Crippen LogP) is 12.9. The Balaban J connectivity index is 1.02. The number of hydrogen-bond donors (Lipinski definition) is 0. The SMILES string of the molecule is c1ccc(-c2ccc(-c3nc(-c4ccccc4)nc(-c4ccc5c(c4)oc4ccc(-c6nc(-c7ccccc7)nc7c6sc6ccccc67)cc45)n3)cc2)cc1. The minimum Gasteiger partial charge on any atom is -0.456 e. The number of hydrogen-bond acceptors (Lipinski definition) is 7. The van der Waals surface area contributed by atoms with Crippen molar-refractivity contribution in [2.75, 3.05) is 0 Å². The summed E-state index contributed by atoms with van der Waals surface area (Å²) in [7, 11) is 0. The fourth-order valence-corrected chi connectivity index (χ4v) is 8.51. The molecule has 6 nitrogen and oxygen atoms in total. The molecule has 262 valence electrons. The Morgan fingerprint density at radius 3 is 1.55 bits per heavy atom. The lowest BCUT2D eigenvalue weighted by molar-refractivity contribution is 0.669. The van der Waals surface area contributed by atoms with Crippen molar-refractivity contribution in [1.29, 1.82) is 0 Å². The highest BCUT2D eigenvalue weighted by atomic mass is 32.1. The third-order valence-electron chi connectivity index (χ3n) is 10.2. The highest BCUT2D eigenvalue weighted by molar-refractivity contribution is 7.26. The van der Waals surface area contributed by atoms with Crippen LogP contribution in [0, 0.1) is 0 Å². The van der Waals surface area contributed by atoms with Gasteiger partial charge in [-0.2, -0.15) is 0 Å². The lowest BCUT2D eigenvalue weighted by Crippen LogP contribution is -2.00. The van der Waals surface area contributed by atoms with Gasteiger partial charge in [-0.15, -0.1) is 11.3 Å². The average molecular weight is 736 g/mol. The maximum atomic E-state index is 6.52. The predicted molar refractivity (Wildman–Crippen MR) is 228 cm³/mol. The molecule has 0 aliphatic heterocycles. The Kier molecular flexibility index (Phi) is 7.57. The number of furan rings is 1. The van der Waals surface area contributed by atoms with Crippen molar-refractivity contribution in [1.82, 2.24) is 24.9 Å². The van der Waals surface area contributed by atoms with Gasteiger partial charge in [0.15, 0.2) is 23.3 Å². The average Bonchev–Trinajstić information content (AvgIpc) is 3.84. The zero-order valence-corrected chi connectivity index (χ0v) is 30.6. The topological polar surface area (TPSA) is 77.6 Å². The van der Waals surface area contributed by atoms with Crippen LogP contribution in [0.5, 0.6) is 0 Å². The number of thiophene rings is 1. The molecule has 0 unspecified atom stereocenters. The maximum Gasteiger partial charge on any atom is 0.164 e. The quantitative estimate of drug-likeness (QED) is 0.169. The number of aromatic nitrogens is 5. The summed E-state index contributed by atoms with van der Waals surface area (Å²) in [5.41, 5.74) is 10.4. The molecule has 0 aliphatic carbocycles. The second kappa shape index (κ2) is 13.2. The van der Waals surface area contributed by atoms with E-state index in [2.05, 4.69) is 109 Å². The minimum absolute atomic E-state index is 0.575. The molecule has 11 aromatic rings. The number of rotatable bonds is 6. The van der Waals surface area contributed by atoms with Crippen LogP contribution in [-0.2, 0) is 0 Å². The third kappa shape index (κ3) is 5.61. The molecule has 11 rings (SSSR count). The fourth-order valence-electron chi connectivity index (χ4n) is 7.36. The van der Waals surface area contributed by atoms with Gasteiger partial charge in [0, 0.05) is 48.7 Å². The largest absolute Gasteiger partial charge is 0.456 e. The summed E-state index contributed by atoms with van der Waals surface area (Å²) >= 11 is 1.73. The van der Waals surface area contributed by atoms with Gasteiger partial charge >= 0.3 is 0 Å². The first-order valence-corrected chi connectivity index (χ1v) is 19.2. The molecule has 7 heteroatoms. The zero-order valence-electron chi connectivity index (χ0n) is 29.8. The first-order valence-electron chi connectivity index (χ1n) is 18.4. The molecule has 0 saturated carbocycles. The van der Waals surface area contributed by atoms with Crippen LogP contribution in [0.1, 0.15) is 0 Å². The Morgan fingerprint density at radius 2 is 0.857 bits per heavy atom. The van der Waals surface area contributed by atoms with E-state index < -0.39 is 0 Å². The van der Waals surface area contributed by atoms with E-state index in [0.717, 1.165) is 82.2 Å². The molecule has 7 aromatic carbocycles. The Hall–Kier alpha value is -7.35. The van der Waals surface area contributed by atoms with E-state index >= 15 is 0 Å². The molecule has 0 saturated heterocycles. The van der Waals surface area contributed by atoms with Crippen LogP contribution >= 0.6 is 11.3 Å². The summed E-state index contributed by atoms with van der Waals surface area (Å²) in [6, 6.07) is 59.9. The van der Waals surface area contributed by atoms with Crippen LogP contribution in [0.2, 0.25) is 0 Å². The smallest absolute Gasteiger partial charge is 0.164 e. The van der Waals surface area contributed by atoms with E-state index in [1.165, 1.54) is 4.70 Å². The minimum atomic E-state index is 0.575. The highest BCUT2D eigenvalue weighted by Crippen LogP contribution is 2.41. The molecule has 0 N–H and O–H groups in total. The van der Waals surface area contributed by atoms with Crippen molar-refractivity contribution >= 4 is 53.6 Å². The van der Waals surface area contributed by atoms with E-state index in [1.54, 1.807) is 11.3 Å². The van der Waals surface area contributed by atoms with Crippen molar-refractivity contribution in [2.45, 2.75) is 0 Å². The molecule has 0 spiro atoms. The molecule has 4 heterocycles. The van der Waals surface area contributed by atoms with Crippen molar-refractivity contribution in [3.8, 4) is 67.9 Å². The first-order chi connectivity index (χ1) is 27.7. The second-order valence-electron chi connectivity index (χ2n) is 13.7. The van der Waals surface area contributed by atoms with Gasteiger partial charge in [-0.1, -0.05) is 140 Å². The van der Waals surface area contributed by atoms with Gasteiger partial charge in [-0.3, -0.25) is 0 Å². The van der Waals surface area contributed by atoms with Crippen LogP contribution in [0.15, 0.2) is 180 Å². The maximum absolute atomic E-state index is 6.52. The van der Waals surface area contributed by atoms with E-state index in [-0.39, 0.29) is 0 Å². The van der Waals surface area contributed by atoms with Gasteiger partial charge in [0.25, 0.3) is 0 Å². The van der Waals surface area contributed by atoms with E-state index in [9.17, 15) is 0 Å². The standard InChI is InChI=1S/C49H29N5OS/c1-4-12-30(13-5-1)31-20-22-34(23-21-31)48-52-47(33-16-8-3-9-17-33)53-49(54-48)36-24-26-37-39-28-35(25-27-40(39)55-41(37)29-36)43-45-44(38-18-10-11-19-42(38)56-45)51-46(50-43)32-14-6-2-7-15-32/h1-29H. The Morgan fingerprint density at radius 1 is 0.339 bits per heavy atom. The fraction of sp³-hybridized carbons (Fsp3) is 0. The van der Waals surface area contributed by atoms with Crippen LogP contribution < -0.4 is 0 Å². The summed E-state index contributed by atoms with van der Waals surface area (Å²) in [6.07, 6.45) is 0. The van der Waals surface area contributed by atoms with Crippen LogP contribution in [0.25, 0.3) is 110 Å². The molecule has 56 heavy (non-hydrogen) atoms. The van der Waals surface area contributed by atoms with E-state index in [4.69, 9.17) is 29.3 Å². The Labute approximate surface area is 325 Å². The molecule has 0 aliphatic rings. The number of benzene rings is 7. The van der Waals surface area contributed by atoms with Gasteiger partial charge < -0.3 is 4.42 Å². The lowest BCUT2D eigenvalue weighted by Gasteiger charge is -2.09. The molecule has 4 aromatic heterocycles. The molecule has 0 atom stereocenters. The highest BCUT2D eigenvalue weighted by Gasteiger charge is 2.19. The van der Waals surface area contributed by atoms with Crippen LogP contribution in [0.4, 0.5) is 0 Å². The zero-order chi connectivity index (χ0) is 37.0. The molecular formula is C49H29N5OS. The summed E-state index contributed by atoms with van der Waals surface area (Å²) in [4.78, 5) is 25.2. The van der Waals surface area contributed by atoms with Crippen molar-refractivity contribution < 1.29 is 4.42 Å². The van der Waals surface area contributed by atoms with E-state index in [1.807, 2.05) is 66.7 Å². The van der Waals surface area contributed by atoms with E-state index in [0.29, 0.717) is 23.3 Å². The number of fused-ring (bicyclic) bond motifs is 6. The normalized spacial score (nSPS) is 11.6. The van der Waals surface area contributed by atoms with Crippen molar-refractivity contribution in [2.24, 2.45) is 0 Å². The summed E-state index contributed by atoms with van der Waals surface area (Å²) < 4.78 is 8.77. The van der Waals surface area contributed by atoms with Gasteiger partial charge in [0.05, 0.1) is 15.9 Å². The summed E-state index contributed by atoms with van der Waals surface area (Å²) in [6.45, 7) is 0. The third-order valence-corrected chi connectivity index (χ3v) is 11.3. The van der Waals surface area contributed by atoms with Crippen molar-refractivity contribution in [3.05, 3.63) is 176 Å². The Bertz CT molecular complexity index is 3230. The van der Waals surface area contributed by atoms with Crippen LogP contribution in [0.3, 0.4) is 0 Å². The second-order valence-corrected chi connectivity index (χ2v) is 14.7. The molecule has 0 amide bonds. The lowest BCUT2D eigenvalue weighted by atomic mass is 10.0. The summed E-state index contributed by atoms with van der Waals surface area (Å²) in [5, 5.41) is 3.15. The summed E-state index contributed by atoms with van der Waals surface area (Å²) in [5.74, 6) is 2.50.